The number of fused-ring (bicyclic) bond motifs is 1. The highest BCUT2D eigenvalue weighted by Crippen LogP contribution is 2.34. The average molecular weight is 343 g/mol. The Kier molecular flexibility index (Phi) is 3.79. The molecule has 1 N–H and O–H groups in total. The molecule has 0 radical (unpaired) electrons. The van der Waals surface area contributed by atoms with Crippen molar-refractivity contribution in [2.75, 3.05) is 18.7 Å². The van der Waals surface area contributed by atoms with Crippen molar-refractivity contribution in [1.29, 1.82) is 0 Å². The summed E-state index contributed by atoms with van der Waals surface area (Å²) in [4.78, 5) is 26.7. The molecule has 1 fully saturated rings. The van der Waals surface area contributed by atoms with Gasteiger partial charge in [0.25, 0.3) is 5.91 Å². The molecule has 1 aliphatic carbocycles. The molecule has 4 rings (SSSR count). The fourth-order valence-electron chi connectivity index (χ4n) is 2.71. The zero-order valence-corrected chi connectivity index (χ0v) is 13.7. The van der Waals surface area contributed by atoms with Crippen molar-refractivity contribution < 1.29 is 23.6 Å². The second kappa shape index (κ2) is 6.12. The minimum atomic E-state index is -0.311. The molecule has 2 aromatic rings. The minimum Gasteiger partial charge on any atom is -0.454 e. The fourth-order valence-corrected chi connectivity index (χ4v) is 2.71. The van der Waals surface area contributed by atoms with Gasteiger partial charge in [-0.05, 0) is 38.0 Å². The molecule has 1 aliphatic heterocycles. The first-order chi connectivity index (χ1) is 12.1. The molecule has 1 saturated carbocycles. The third-order valence-electron chi connectivity index (χ3n) is 4.08. The van der Waals surface area contributed by atoms with Gasteiger partial charge in [0.05, 0.1) is 0 Å². The van der Waals surface area contributed by atoms with E-state index in [1.165, 1.54) is 0 Å². The molecule has 0 unspecified atom stereocenters. The van der Waals surface area contributed by atoms with Crippen LogP contribution in [0.3, 0.4) is 0 Å². The summed E-state index contributed by atoms with van der Waals surface area (Å²) in [6.45, 7) is 1.85. The third kappa shape index (κ3) is 3.28. The number of benzene rings is 1. The summed E-state index contributed by atoms with van der Waals surface area (Å²) in [6.07, 6.45) is 1.79. The predicted octanol–water partition coefficient (Wildman–Crippen LogP) is 1.96. The zero-order chi connectivity index (χ0) is 17.4. The summed E-state index contributed by atoms with van der Waals surface area (Å²) in [5.41, 5.74) is 0.473. The molecule has 0 spiro atoms. The summed E-state index contributed by atoms with van der Waals surface area (Å²) in [6, 6.07) is 6.75. The van der Waals surface area contributed by atoms with E-state index in [9.17, 15) is 9.59 Å². The van der Waals surface area contributed by atoms with Crippen molar-refractivity contribution in [2.45, 2.75) is 25.8 Å². The number of hydrogen-bond acceptors (Lipinski definition) is 6. The molecular formula is C17H17N3O5. The standard InChI is InChI=1S/C17H17N3O5/c1-10-6-15(19-25-10)18-16(21)8-20(12-3-4-12)17(22)11-2-5-13-14(7-11)24-9-23-13/h2,5-7,12H,3-4,8-9H2,1H3,(H,18,19,21). The Balaban J connectivity index is 1.47. The largest absolute Gasteiger partial charge is 0.454 e. The molecule has 2 amide bonds. The summed E-state index contributed by atoms with van der Waals surface area (Å²) < 4.78 is 15.5. The van der Waals surface area contributed by atoms with E-state index in [4.69, 9.17) is 14.0 Å². The molecule has 1 aromatic carbocycles. The third-order valence-corrected chi connectivity index (χ3v) is 4.08. The number of aryl methyl sites for hydroxylation is 1. The molecule has 0 saturated heterocycles. The van der Waals surface area contributed by atoms with Crippen LogP contribution in [0.4, 0.5) is 5.82 Å². The Morgan fingerprint density at radius 1 is 1.24 bits per heavy atom. The van der Waals surface area contributed by atoms with Crippen LogP contribution in [-0.2, 0) is 4.79 Å². The Labute approximate surface area is 143 Å². The van der Waals surface area contributed by atoms with Crippen LogP contribution in [0.1, 0.15) is 29.0 Å². The molecule has 25 heavy (non-hydrogen) atoms. The van der Waals surface area contributed by atoms with Gasteiger partial charge in [0.1, 0.15) is 12.3 Å². The van der Waals surface area contributed by atoms with Gasteiger partial charge in [-0.15, -0.1) is 0 Å². The first kappa shape index (κ1) is 15.5. The van der Waals surface area contributed by atoms with Gasteiger partial charge < -0.3 is 24.2 Å². The topological polar surface area (TPSA) is 93.9 Å². The molecule has 2 aliphatic rings. The Hall–Kier alpha value is -3.03. The van der Waals surface area contributed by atoms with Gasteiger partial charge in [-0.3, -0.25) is 9.59 Å². The van der Waals surface area contributed by atoms with Crippen LogP contribution in [0.25, 0.3) is 0 Å². The van der Waals surface area contributed by atoms with Crippen molar-refractivity contribution in [3.8, 4) is 11.5 Å². The van der Waals surface area contributed by atoms with Crippen LogP contribution < -0.4 is 14.8 Å². The molecule has 8 nitrogen and oxygen atoms in total. The van der Waals surface area contributed by atoms with E-state index in [2.05, 4.69) is 10.5 Å². The van der Waals surface area contributed by atoms with E-state index in [1.807, 2.05) is 0 Å². The van der Waals surface area contributed by atoms with E-state index >= 15 is 0 Å². The van der Waals surface area contributed by atoms with Gasteiger partial charge in [-0.25, -0.2) is 0 Å². The lowest BCUT2D eigenvalue weighted by molar-refractivity contribution is -0.117. The second-order valence-electron chi connectivity index (χ2n) is 6.10. The molecule has 2 heterocycles. The Morgan fingerprint density at radius 2 is 2.04 bits per heavy atom. The lowest BCUT2D eigenvalue weighted by atomic mass is 10.1. The highest BCUT2D eigenvalue weighted by molar-refractivity contribution is 5.99. The first-order valence-corrected chi connectivity index (χ1v) is 8.04. The highest BCUT2D eigenvalue weighted by atomic mass is 16.7. The lowest BCUT2D eigenvalue weighted by Crippen LogP contribution is -2.39. The SMILES string of the molecule is Cc1cc(NC(=O)CN(C(=O)c2ccc3c(c2)OCO3)C2CC2)no1. The van der Waals surface area contributed by atoms with E-state index < -0.39 is 0 Å². The van der Waals surface area contributed by atoms with Gasteiger partial charge in [0.15, 0.2) is 17.3 Å². The number of nitrogens with one attached hydrogen (secondary N) is 1. The average Bonchev–Trinajstić information content (AvgIpc) is 3.19. The van der Waals surface area contributed by atoms with Crippen molar-refractivity contribution in [3.63, 3.8) is 0 Å². The Bertz CT molecular complexity index is 827. The predicted molar refractivity (Wildman–Crippen MR) is 86.5 cm³/mol. The fraction of sp³-hybridized carbons (Fsp3) is 0.353. The van der Waals surface area contributed by atoms with Gasteiger partial charge in [0.2, 0.25) is 12.7 Å². The maximum absolute atomic E-state index is 12.8. The van der Waals surface area contributed by atoms with Crippen molar-refractivity contribution in [3.05, 3.63) is 35.6 Å². The van der Waals surface area contributed by atoms with E-state index in [-0.39, 0.29) is 31.2 Å². The van der Waals surface area contributed by atoms with Crippen molar-refractivity contribution >= 4 is 17.6 Å². The van der Waals surface area contributed by atoms with Crippen LogP contribution in [-0.4, -0.2) is 41.3 Å². The first-order valence-electron chi connectivity index (χ1n) is 8.04. The molecular weight excluding hydrogens is 326 g/mol. The number of aromatic nitrogens is 1. The van der Waals surface area contributed by atoms with E-state index in [0.29, 0.717) is 28.6 Å². The lowest BCUT2D eigenvalue weighted by Gasteiger charge is -2.21. The zero-order valence-electron chi connectivity index (χ0n) is 13.7. The van der Waals surface area contributed by atoms with Crippen LogP contribution in [0.2, 0.25) is 0 Å². The molecule has 1 aromatic heterocycles. The van der Waals surface area contributed by atoms with Crippen molar-refractivity contribution in [1.82, 2.24) is 10.1 Å². The van der Waals surface area contributed by atoms with Crippen LogP contribution in [0, 0.1) is 6.92 Å². The van der Waals surface area contributed by atoms with E-state index in [0.717, 1.165) is 12.8 Å². The number of hydrogen-bond donors (Lipinski definition) is 1. The van der Waals surface area contributed by atoms with Crippen molar-refractivity contribution in [2.24, 2.45) is 0 Å². The van der Waals surface area contributed by atoms with Gasteiger partial charge in [0, 0.05) is 17.7 Å². The summed E-state index contributed by atoms with van der Waals surface area (Å²) in [5.74, 6) is 1.60. The van der Waals surface area contributed by atoms with Crippen LogP contribution in [0.5, 0.6) is 11.5 Å². The summed E-state index contributed by atoms with van der Waals surface area (Å²) in [5, 5.41) is 6.37. The van der Waals surface area contributed by atoms with Crippen LogP contribution >= 0.6 is 0 Å². The molecule has 130 valence electrons. The van der Waals surface area contributed by atoms with Gasteiger partial charge in [-0.1, -0.05) is 5.16 Å². The number of nitrogens with zero attached hydrogens (tertiary/aromatic N) is 2. The molecule has 0 atom stereocenters. The number of amides is 2. The summed E-state index contributed by atoms with van der Waals surface area (Å²) >= 11 is 0. The monoisotopic (exact) mass is 343 g/mol. The molecule has 0 bridgehead atoms. The number of rotatable bonds is 5. The quantitative estimate of drug-likeness (QED) is 0.892. The molecule has 8 heteroatoms. The van der Waals surface area contributed by atoms with Gasteiger partial charge >= 0.3 is 0 Å². The number of carbonyl (C=O) groups is 2. The normalized spacial score (nSPS) is 15.1. The smallest absolute Gasteiger partial charge is 0.254 e. The minimum absolute atomic E-state index is 0.0378. The van der Waals surface area contributed by atoms with Gasteiger partial charge in [-0.2, -0.15) is 0 Å². The maximum atomic E-state index is 12.8. The van der Waals surface area contributed by atoms with Crippen LogP contribution in [0.15, 0.2) is 28.8 Å². The number of ether oxygens (including phenoxy) is 2. The Morgan fingerprint density at radius 3 is 2.76 bits per heavy atom. The second-order valence-corrected chi connectivity index (χ2v) is 6.10. The maximum Gasteiger partial charge on any atom is 0.254 e. The number of carbonyl (C=O) groups excluding carboxylic acids is 2. The number of anilines is 1. The summed E-state index contributed by atoms with van der Waals surface area (Å²) in [7, 11) is 0. The van der Waals surface area contributed by atoms with E-state index in [1.54, 1.807) is 36.1 Å². The highest BCUT2D eigenvalue weighted by Gasteiger charge is 2.35.